The molecule has 0 amide bonds. The first-order valence-corrected chi connectivity index (χ1v) is 7.85. The normalized spacial score (nSPS) is 19.2. The lowest BCUT2D eigenvalue weighted by atomic mass is 9.81. The van der Waals surface area contributed by atoms with Crippen LogP contribution in [0.3, 0.4) is 0 Å². The molecule has 1 N–H and O–H groups in total. The molecule has 0 aromatic heterocycles. The van der Waals surface area contributed by atoms with Gasteiger partial charge in [0.2, 0.25) is 0 Å². The zero-order valence-electron chi connectivity index (χ0n) is 13.4. The number of ether oxygens (including phenoxy) is 3. The van der Waals surface area contributed by atoms with Gasteiger partial charge in [-0.2, -0.15) is 0 Å². The van der Waals surface area contributed by atoms with Crippen LogP contribution in [-0.2, 0) is 9.47 Å². The SMILES string of the molecule is CCNC(c1ccccc1OCC)C1(OC)CCOCC1. The highest BCUT2D eigenvalue weighted by Gasteiger charge is 2.42. The molecule has 1 aliphatic rings. The quantitative estimate of drug-likeness (QED) is 0.839. The summed E-state index contributed by atoms with van der Waals surface area (Å²) >= 11 is 0. The highest BCUT2D eigenvalue weighted by molar-refractivity contribution is 5.38. The van der Waals surface area contributed by atoms with Crippen LogP contribution in [0, 0.1) is 0 Å². The fraction of sp³-hybridized carbons (Fsp3) is 0.647. The van der Waals surface area contributed by atoms with Crippen molar-refractivity contribution in [2.75, 3.05) is 33.5 Å². The van der Waals surface area contributed by atoms with Gasteiger partial charge in [-0.1, -0.05) is 25.1 Å². The van der Waals surface area contributed by atoms with Crippen LogP contribution < -0.4 is 10.1 Å². The Bertz CT molecular complexity index is 430. The number of likely N-dealkylation sites (N-methyl/N-ethyl adjacent to an activating group) is 1. The van der Waals surface area contributed by atoms with Crippen LogP contribution in [0.25, 0.3) is 0 Å². The van der Waals surface area contributed by atoms with Gasteiger partial charge < -0.3 is 19.5 Å². The summed E-state index contributed by atoms with van der Waals surface area (Å²) in [6.07, 6.45) is 1.78. The molecule has 0 spiro atoms. The summed E-state index contributed by atoms with van der Waals surface area (Å²) in [7, 11) is 1.80. The summed E-state index contributed by atoms with van der Waals surface area (Å²) in [5.41, 5.74) is 0.937. The molecule has 0 aliphatic carbocycles. The first kappa shape index (κ1) is 16.3. The standard InChI is InChI=1S/C17H27NO3/c1-4-18-16(17(19-3)10-12-20-13-11-17)14-8-6-7-9-15(14)21-5-2/h6-9,16,18H,4-5,10-13H2,1-3H3. The van der Waals surface area contributed by atoms with Crippen LogP contribution in [0.4, 0.5) is 0 Å². The summed E-state index contributed by atoms with van der Waals surface area (Å²) in [6.45, 7) is 7.17. The number of hydrogen-bond acceptors (Lipinski definition) is 4. The first-order valence-electron chi connectivity index (χ1n) is 7.85. The van der Waals surface area contributed by atoms with E-state index >= 15 is 0 Å². The van der Waals surface area contributed by atoms with Crippen LogP contribution in [-0.4, -0.2) is 39.1 Å². The molecule has 0 radical (unpaired) electrons. The summed E-state index contributed by atoms with van der Waals surface area (Å²) in [5.74, 6) is 0.939. The predicted molar refractivity (Wildman–Crippen MR) is 83.8 cm³/mol. The van der Waals surface area contributed by atoms with Crippen molar-refractivity contribution in [1.82, 2.24) is 5.32 Å². The Balaban J connectivity index is 2.37. The van der Waals surface area contributed by atoms with Gasteiger partial charge in [0.05, 0.1) is 18.2 Å². The maximum absolute atomic E-state index is 5.98. The Labute approximate surface area is 127 Å². The van der Waals surface area contributed by atoms with Gasteiger partial charge in [0.15, 0.2) is 0 Å². The minimum absolute atomic E-state index is 0.110. The number of nitrogens with one attached hydrogen (secondary N) is 1. The third kappa shape index (κ3) is 3.57. The van der Waals surface area contributed by atoms with E-state index in [0.717, 1.165) is 38.3 Å². The Morgan fingerprint density at radius 1 is 1.24 bits per heavy atom. The maximum Gasteiger partial charge on any atom is 0.124 e. The molecule has 21 heavy (non-hydrogen) atoms. The second-order valence-corrected chi connectivity index (χ2v) is 5.34. The molecule has 1 heterocycles. The van der Waals surface area contributed by atoms with Crippen LogP contribution in [0.1, 0.15) is 38.3 Å². The van der Waals surface area contributed by atoms with Gasteiger partial charge in [0, 0.05) is 38.7 Å². The van der Waals surface area contributed by atoms with Crippen molar-refractivity contribution in [2.24, 2.45) is 0 Å². The van der Waals surface area contributed by atoms with Gasteiger partial charge in [-0.3, -0.25) is 0 Å². The van der Waals surface area contributed by atoms with E-state index in [2.05, 4.69) is 24.4 Å². The van der Waals surface area contributed by atoms with Crippen molar-refractivity contribution >= 4 is 0 Å². The average molecular weight is 293 g/mol. The largest absolute Gasteiger partial charge is 0.494 e. The van der Waals surface area contributed by atoms with Crippen molar-refractivity contribution in [3.63, 3.8) is 0 Å². The van der Waals surface area contributed by atoms with Crippen molar-refractivity contribution in [3.05, 3.63) is 29.8 Å². The Morgan fingerprint density at radius 2 is 1.95 bits per heavy atom. The average Bonchev–Trinajstić information content (AvgIpc) is 2.54. The molecule has 0 bridgehead atoms. The van der Waals surface area contributed by atoms with E-state index in [1.807, 2.05) is 19.1 Å². The smallest absolute Gasteiger partial charge is 0.124 e. The molecule has 1 atom stereocenters. The zero-order chi connectivity index (χ0) is 15.1. The van der Waals surface area contributed by atoms with E-state index in [1.165, 1.54) is 5.56 Å². The zero-order valence-corrected chi connectivity index (χ0v) is 13.4. The van der Waals surface area contributed by atoms with E-state index in [1.54, 1.807) is 7.11 Å². The predicted octanol–water partition coefficient (Wildman–Crippen LogP) is 2.93. The topological polar surface area (TPSA) is 39.7 Å². The molecular formula is C17H27NO3. The van der Waals surface area contributed by atoms with Gasteiger partial charge >= 0.3 is 0 Å². The molecule has 2 rings (SSSR count). The number of hydrogen-bond donors (Lipinski definition) is 1. The van der Waals surface area contributed by atoms with Crippen molar-refractivity contribution in [1.29, 1.82) is 0 Å². The molecule has 1 aromatic rings. The van der Waals surface area contributed by atoms with Gasteiger partial charge in [0.25, 0.3) is 0 Å². The minimum Gasteiger partial charge on any atom is -0.494 e. The number of benzene rings is 1. The molecule has 118 valence electrons. The van der Waals surface area contributed by atoms with Gasteiger partial charge in [-0.15, -0.1) is 0 Å². The Hall–Kier alpha value is -1.10. The van der Waals surface area contributed by atoms with Gasteiger partial charge in [-0.25, -0.2) is 0 Å². The summed E-state index contributed by atoms with van der Waals surface area (Å²) in [5, 5.41) is 3.60. The Kier molecular flexibility index (Phi) is 6.03. The highest BCUT2D eigenvalue weighted by Crippen LogP contribution is 2.40. The lowest BCUT2D eigenvalue weighted by molar-refractivity contribution is -0.111. The van der Waals surface area contributed by atoms with Gasteiger partial charge in [-0.05, 0) is 19.5 Å². The fourth-order valence-corrected chi connectivity index (χ4v) is 3.12. The monoisotopic (exact) mass is 293 g/mol. The third-order valence-corrected chi connectivity index (χ3v) is 4.21. The molecule has 1 fully saturated rings. The summed E-state index contributed by atoms with van der Waals surface area (Å²) in [4.78, 5) is 0. The lowest BCUT2D eigenvalue weighted by Crippen LogP contribution is -2.49. The van der Waals surface area contributed by atoms with Crippen molar-refractivity contribution in [2.45, 2.75) is 38.3 Å². The maximum atomic E-state index is 5.98. The molecule has 4 heteroatoms. The van der Waals surface area contributed by atoms with E-state index < -0.39 is 0 Å². The molecule has 0 saturated carbocycles. The van der Waals surface area contributed by atoms with Gasteiger partial charge in [0.1, 0.15) is 5.75 Å². The Morgan fingerprint density at radius 3 is 2.57 bits per heavy atom. The fourth-order valence-electron chi connectivity index (χ4n) is 3.12. The van der Waals surface area contributed by atoms with E-state index in [-0.39, 0.29) is 11.6 Å². The summed E-state index contributed by atoms with van der Waals surface area (Å²) in [6, 6.07) is 8.35. The van der Waals surface area contributed by atoms with E-state index in [4.69, 9.17) is 14.2 Å². The highest BCUT2D eigenvalue weighted by atomic mass is 16.5. The second-order valence-electron chi connectivity index (χ2n) is 5.34. The van der Waals surface area contributed by atoms with Crippen LogP contribution in [0.2, 0.25) is 0 Å². The molecule has 1 aromatic carbocycles. The van der Waals surface area contributed by atoms with Crippen LogP contribution >= 0.6 is 0 Å². The molecule has 1 unspecified atom stereocenters. The number of rotatable bonds is 7. The van der Waals surface area contributed by atoms with Crippen molar-refractivity contribution < 1.29 is 14.2 Å². The van der Waals surface area contributed by atoms with Crippen LogP contribution in [0.5, 0.6) is 5.75 Å². The molecular weight excluding hydrogens is 266 g/mol. The summed E-state index contributed by atoms with van der Waals surface area (Å²) < 4.78 is 17.3. The molecule has 1 aliphatic heterocycles. The minimum atomic E-state index is -0.235. The number of para-hydroxylation sites is 1. The number of methoxy groups -OCH3 is 1. The van der Waals surface area contributed by atoms with E-state index in [0.29, 0.717) is 6.61 Å². The lowest BCUT2D eigenvalue weighted by Gasteiger charge is -2.43. The third-order valence-electron chi connectivity index (χ3n) is 4.21. The first-order chi connectivity index (χ1) is 10.3. The second kappa shape index (κ2) is 7.78. The van der Waals surface area contributed by atoms with E-state index in [9.17, 15) is 0 Å². The van der Waals surface area contributed by atoms with Crippen molar-refractivity contribution in [3.8, 4) is 5.75 Å². The molecule has 4 nitrogen and oxygen atoms in total. The van der Waals surface area contributed by atoms with Crippen LogP contribution in [0.15, 0.2) is 24.3 Å². The molecule has 1 saturated heterocycles.